The van der Waals surface area contributed by atoms with Crippen LogP contribution in [0.25, 0.3) is 0 Å². The summed E-state index contributed by atoms with van der Waals surface area (Å²) in [6.07, 6.45) is 0. The lowest BCUT2D eigenvalue weighted by atomic mass is 10.2. The first-order valence-corrected chi connectivity index (χ1v) is 7.18. The van der Waals surface area contributed by atoms with E-state index >= 15 is 0 Å². The van der Waals surface area contributed by atoms with E-state index in [0.717, 1.165) is 6.54 Å². The Balaban J connectivity index is 1.72. The maximum absolute atomic E-state index is 13.6. The van der Waals surface area contributed by atoms with E-state index in [1.54, 1.807) is 36.5 Å². The zero-order chi connectivity index (χ0) is 13.7. The molecule has 0 fully saturated rings. The number of hydrogen-bond donors (Lipinski definition) is 1. The summed E-state index contributed by atoms with van der Waals surface area (Å²) < 4.78 is 19.1. The second kappa shape index (κ2) is 6.68. The molecule has 1 N–H and O–H groups in total. The largest absolute Gasteiger partial charge is 0.489 e. The number of benzene rings is 1. The van der Waals surface area contributed by atoms with Gasteiger partial charge in [-0.3, -0.25) is 0 Å². The Bertz CT molecular complexity index is 539. The molecule has 0 spiro atoms. The van der Waals surface area contributed by atoms with Crippen LogP contribution in [0.4, 0.5) is 4.39 Å². The average Bonchev–Trinajstić information content (AvgIpc) is 2.80. The van der Waals surface area contributed by atoms with Crippen LogP contribution in [0.1, 0.15) is 16.0 Å². The predicted octanol–water partition coefficient (Wildman–Crippen LogP) is 3.67. The summed E-state index contributed by atoms with van der Waals surface area (Å²) in [5.74, 6) is 0.0608. The maximum atomic E-state index is 13.6. The van der Waals surface area contributed by atoms with Crippen LogP contribution in [-0.4, -0.2) is 13.2 Å². The number of hydrogen-bond acceptors (Lipinski definition) is 3. The van der Waals surface area contributed by atoms with E-state index in [0.29, 0.717) is 24.5 Å². The summed E-state index contributed by atoms with van der Waals surface area (Å²) in [7, 11) is 0. The van der Waals surface area contributed by atoms with Gasteiger partial charge < -0.3 is 10.1 Å². The average molecular weight is 279 g/mol. The van der Waals surface area contributed by atoms with E-state index in [4.69, 9.17) is 4.74 Å². The minimum atomic E-state index is -0.267. The van der Waals surface area contributed by atoms with Crippen molar-refractivity contribution in [2.75, 3.05) is 13.2 Å². The third kappa shape index (κ3) is 3.78. The third-order valence-corrected chi connectivity index (χ3v) is 3.97. The van der Waals surface area contributed by atoms with Crippen molar-refractivity contribution in [3.05, 3.63) is 51.5 Å². The van der Waals surface area contributed by atoms with Crippen molar-refractivity contribution in [2.45, 2.75) is 20.4 Å². The highest BCUT2D eigenvalue weighted by Gasteiger charge is 2.05. The van der Waals surface area contributed by atoms with Gasteiger partial charge in [-0.2, -0.15) is 0 Å². The zero-order valence-electron chi connectivity index (χ0n) is 11.2. The van der Waals surface area contributed by atoms with Gasteiger partial charge >= 0.3 is 0 Å². The molecule has 0 saturated heterocycles. The van der Waals surface area contributed by atoms with Crippen molar-refractivity contribution >= 4 is 11.3 Å². The van der Waals surface area contributed by atoms with Crippen molar-refractivity contribution in [3.63, 3.8) is 0 Å². The molecule has 1 heterocycles. The highest BCUT2D eigenvalue weighted by Crippen LogP contribution is 2.19. The highest BCUT2D eigenvalue weighted by molar-refractivity contribution is 7.10. The van der Waals surface area contributed by atoms with Gasteiger partial charge in [0.2, 0.25) is 0 Å². The van der Waals surface area contributed by atoms with E-state index in [9.17, 15) is 4.39 Å². The van der Waals surface area contributed by atoms with Crippen LogP contribution >= 0.6 is 11.3 Å². The second-order valence-corrected chi connectivity index (χ2v) is 5.44. The summed E-state index contributed by atoms with van der Waals surface area (Å²) >= 11 is 1.75. The molecule has 0 bridgehead atoms. The highest BCUT2D eigenvalue weighted by atomic mass is 32.1. The van der Waals surface area contributed by atoms with Crippen LogP contribution in [0.2, 0.25) is 0 Å². The number of nitrogens with one attached hydrogen (secondary N) is 1. The zero-order valence-corrected chi connectivity index (χ0v) is 12.0. The Kier molecular flexibility index (Phi) is 4.93. The van der Waals surface area contributed by atoms with Gasteiger partial charge in [0.25, 0.3) is 0 Å². The molecule has 0 radical (unpaired) electrons. The van der Waals surface area contributed by atoms with Crippen LogP contribution in [0, 0.1) is 19.7 Å². The van der Waals surface area contributed by atoms with Gasteiger partial charge in [0, 0.05) is 18.0 Å². The molecule has 2 aromatic rings. The van der Waals surface area contributed by atoms with Crippen molar-refractivity contribution < 1.29 is 9.13 Å². The van der Waals surface area contributed by atoms with Gasteiger partial charge in [-0.15, -0.1) is 11.3 Å². The van der Waals surface area contributed by atoms with E-state index < -0.39 is 0 Å². The third-order valence-electron chi connectivity index (χ3n) is 2.95. The lowest BCUT2D eigenvalue weighted by molar-refractivity contribution is 0.298. The van der Waals surface area contributed by atoms with Gasteiger partial charge in [-0.1, -0.05) is 12.1 Å². The summed E-state index contributed by atoms with van der Waals surface area (Å²) in [5.41, 5.74) is 1.92. The summed E-state index contributed by atoms with van der Waals surface area (Å²) in [6.45, 7) is 5.84. The molecule has 0 saturated carbocycles. The van der Waals surface area contributed by atoms with E-state index in [1.807, 2.05) is 0 Å². The van der Waals surface area contributed by atoms with E-state index in [2.05, 4.69) is 23.7 Å². The van der Waals surface area contributed by atoms with Crippen molar-refractivity contribution in [1.82, 2.24) is 5.32 Å². The topological polar surface area (TPSA) is 21.3 Å². The normalized spacial score (nSPS) is 10.7. The SMILES string of the molecule is Cc1ccsc1CNCCOc1cccc(C)c1F. The fraction of sp³-hybridized carbons (Fsp3) is 0.333. The van der Waals surface area contributed by atoms with Crippen LogP contribution in [0.15, 0.2) is 29.6 Å². The van der Waals surface area contributed by atoms with Gasteiger partial charge in [0.05, 0.1) is 0 Å². The first kappa shape index (κ1) is 14.0. The quantitative estimate of drug-likeness (QED) is 0.815. The lowest BCUT2D eigenvalue weighted by Crippen LogP contribution is -2.20. The molecule has 1 aromatic heterocycles. The van der Waals surface area contributed by atoms with E-state index in [-0.39, 0.29) is 5.82 Å². The van der Waals surface area contributed by atoms with Gasteiger partial charge in [-0.25, -0.2) is 4.39 Å². The Morgan fingerprint density at radius 3 is 2.79 bits per heavy atom. The van der Waals surface area contributed by atoms with Gasteiger partial charge in [0.15, 0.2) is 11.6 Å². The summed E-state index contributed by atoms with van der Waals surface area (Å²) in [6, 6.07) is 7.31. The minimum Gasteiger partial charge on any atom is -0.489 e. The Labute approximate surface area is 117 Å². The molecule has 0 aliphatic heterocycles. The van der Waals surface area contributed by atoms with Crippen LogP contribution < -0.4 is 10.1 Å². The Morgan fingerprint density at radius 1 is 1.21 bits per heavy atom. The van der Waals surface area contributed by atoms with Crippen LogP contribution in [0.5, 0.6) is 5.75 Å². The van der Waals surface area contributed by atoms with Crippen molar-refractivity contribution in [2.24, 2.45) is 0 Å². The molecule has 2 rings (SSSR count). The van der Waals surface area contributed by atoms with Gasteiger partial charge in [-0.05, 0) is 42.5 Å². The number of aryl methyl sites for hydroxylation is 2. The first-order valence-electron chi connectivity index (χ1n) is 6.30. The van der Waals surface area contributed by atoms with Crippen molar-refractivity contribution in [1.29, 1.82) is 0 Å². The van der Waals surface area contributed by atoms with Crippen LogP contribution in [0.3, 0.4) is 0 Å². The predicted molar refractivity (Wildman–Crippen MR) is 77.4 cm³/mol. The fourth-order valence-corrected chi connectivity index (χ4v) is 2.63. The number of rotatable bonds is 6. The Hall–Kier alpha value is -1.39. The molecule has 1 aromatic carbocycles. The molecule has 0 unspecified atom stereocenters. The molecule has 0 aliphatic carbocycles. The molecule has 19 heavy (non-hydrogen) atoms. The smallest absolute Gasteiger partial charge is 0.167 e. The first-order chi connectivity index (χ1) is 9.18. The summed E-state index contributed by atoms with van der Waals surface area (Å²) in [5, 5.41) is 5.38. The number of thiophene rings is 1. The summed E-state index contributed by atoms with van der Waals surface area (Å²) in [4.78, 5) is 1.33. The number of ether oxygens (including phenoxy) is 1. The van der Waals surface area contributed by atoms with E-state index in [1.165, 1.54) is 10.4 Å². The molecular weight excluding hydrogens is 261 g/mol. The van der Waals surface area contributed by atoms with Gasteiger partial charge in [0.1, 0.15) is 6.61 Å². The van der Waals surface area contributed by atoms with Crippen LogP contribution in [-0.2, 0) is 6.54 Å². The maximum Gasteiger partial charge on any atom is 0.167 e. The lowest BCUT2D eigenvalue weighted by Gasteiger charge is -2.09. The molecule has 4 heteroatoms. The monoisotopic (exact) mass is 279 g/mol. The molecule has 0 aliphatic rings. The minimum absolute atomic E-state index is 0.267. The Morgan fingerprint density at radius 2 is 2.05 bits per heavy atom. The second-order valence-electron chi connectivity index (χ2n) is 4.44. The number of halogens is 1. The molecule has 102 valence electrons. The molecule has 2 nitrogen and oxygen atoms in total. The molecular formula is C15H18FNOS. The van der Waals surface area contributed by atoms with Crippen molar-refractivity contribution in [3.8, 4) is 5.75 Å². The standard InChI is InChI=1S/C15H18FNOS/c1-11-6-9-19-14(11)10-17-7-8-18-13-5-3-4-12(2)15(13)16/h3-6,9,17H,7-8,10H2,1-2H3. The molecule has 0 amide bonds. The molecule has 0 atom stereocenters. The fourth-order valence-electron chi connectivity index (χ4n) is 1.75.